The highest BCUT2D eigenvalue weighted by molar-refractivity contribution is 5.93. The number of amides is 1. The predicted octanol–water partition coefficient (Wildman–Crippen LogP) is 3.11. The summed E-state index contributed by atoms with van der Waals surface area (Å²) < 4.78 is 39.2. The molecular weight excluding hydrogens is 347 g/mol. The Labute approximate surface area is 146 Å². The van der Waals surface area contributed by atoms with Crippen LogP contribution in [-0.4, -0.2) is 26.1 Å². The van der Waals surface area contributed by atoms with Crippen molar-refractivity contribution in [2.75, 3.05) is 5.32 Å². The molecule has 0 bridgehead atoms. The molecule has 3 rings (SSSR count). The zero-order valence-corrected chi connectivity index (χ0v) is 13.4. The quantitative estimate of drug-likeness (QED) is 0.758. The second kappa shape index (κ2) is 7.34. The van der Waals surface area contributed by atoms with E-state index in [2.05, 4.69) is 20.8 Å². The Hall–Kier alpha value is -3.23. The molecule has 0 aliphatic rings. The van der Waals surface area contributed by atoms with E-state index >= 15 is 0 Å². The molecule has 0 saturated heterocycles. The van der Waals surface area contributed by atoms with Crippen LogP contribution in [0, 0.1) is 0 Å². The lowest BCUT2D eigenvalue weighted by molar-refractivity contribution is -0.137. The summed E-state index contributed by atoms with van der Waals surface area (Å²) in [6, 6.07) is 12.8. The molecule has 0 fully saturated rings. The van der Waals surface area contributed by atoms with Gasteiger partial charge in [-0.05, 0) is 40.3 Å². The van der Waals surface area contributed by atoms with Crippen molar-refractivity contribution in [2.24, 2.45) is 0 Å². The molecule has 1 amide bonds. The fraction of sp³-hybridized carbons (Fsp3) is 0.176. The van der Waals surface area contributed by atoms with Gasteiger partial charge in [0.2, 0.25) is 5.91 Å². The highest BCUT2D eigenvalue weighted by Crippen LogP contribution is 2.30. The van der Waals surface area contributed by atoms with Crippen molar-refractivity contribution in [2.45, 2.75) is 18.6 Å². The van der Waals surface area contributed by atoms with Crippen LogP contribution >= 0.6 is 0 Å². The molecular formula is C17H14F3N5O. The summed E-state index contributed by atoms with van der Waals surface area (Å²) in [5, 5.41) is 13.5. The van der Waals surface area contributed by atoms with Crippen LogP contribution in [0.25, 0.3) is 0 Å². The number of nitrogens with one attached hydrogen (secondary N) is 1. The van der Waals surface area contributed by atoms with Gasteiger partial charge in [0.05, 0.1) is 5.56 Å². The van der Waals surface area contributed by atoms with E-state index in [0.717, 1.165) is 17.7 Å². The second-order valence-electron chi connectivity index (χ2n) is 5.56. The van der Waals surface area contributed by atoms with Gasteiger partial charge in [0.25, 0.3) is 0 Å². The summed E-state index contributed by atoms with van der Waals surface area (Å²) in [7, 11) is 0. The summed E-state index contributed by atoms with van der Waals surface area (Å²) in [4.78, 5) is 12.6. The van der Waals surface area contributed by atoms with Crippen molar-refractivity contribution in [3.8, 4) is 0 Å². The first-order valence-corrected chi connectivity index (χ1v) is 7.68. The van der Waals surface area contributed by atoms with Gasteiger partial charge in [-0.1, -0.05) is 30.3 Å². The number of alkyl halides is 3. The minimum Gasteiger partial charge on any atom is -0.324 e. The first-order chi connectivity index (χ1) is 12.4. The number of anilines is 1. The normalized spacial score (nSPS) is 12.6. The summed E-state index contributed by atoms with van der Waals surface area (Å²) >= 11 is 0. The van der Waals surface area contributed by atoms with E-state index in [-0.39, 0.29) is 5.69 Å². The van der Waals surface area contributed by atoms with E-state index in [9.17, 15) is 18.0 Å². The fourth-order valence-corrected chi connectivity index (χ4v) is 2.42. The molecule has 1 N–H and O–H groups in total. The molecule has 0 spiro atoms. The number of hydrogen-bond acceptors (Lipinski definition) is 4. The monoisotopic (exact) mass is 361 g/mol. The molecule has 1 aromatic heterocycles. The van der Waals surface area contributed by atoms with Crippen LogP contribution in [0.15, 0.2) is 60.9 Å². The van der Waals surface area contributed by atoms with Gasteiger partial charge < -0.3 is 5.32 Å². The lowest BCUT2D eigenvalue weighted by atomic mass is 10.1. The third-order valence-corrected chi connectivity index (χ3v) is 3.74. The van der Waals surface area contributed by atoms with Gasteiger partial charge in [0, 0.05) is 12.1 Å². The maximum atomic E-state index is 12.6. The van der Waals surface area contributed by atoms with Crippen molar-refractivity contribution in [1.29, 1.82) is 0 Å². The minimum absolute atomic E-state index is 0.258. The van der Waals surface area contributed by atoms with Gasteiger partial charge in [-0.15, -0.1) is 5.10 Å². The largest absolute Gasteiger partial charge is 0.416 e. The Morgan fingerprint density at radius 2 is 1.77 bits per heavy atom. The predicted molar refractivity (Wildman–Crippen MR) is 87.1 cm³/mol. The number of aromatic nitrogens is 4. The van der Waals surface area contributed by atoms with Gasteiger partial charge in [0.15, 0.2) is 0 Å². The number of carbonyl (C=O) groups excluding carboxylic acids is 1. The number of rotatable bonds is 5. The smallest absolute Gasteiger partial charge is 0.324 e. The number of halogens is 3. The summed E-state index contributed by atoms with van der Waals surface area (Å²) in [6.07, 6.45) is -2.77. The van der Waals surface area contributed by atoms with Gasteiger partial charge in [-0.3, -0.25) is 4.79 Å². The third kappa shape index (κ3) is 4.24. The van der Waals surface area contributed by atoms with Gasteiger partial charge in [-0.2, -0.15) is 13.2 Å². The lowest BCUT2D eigenvalue weighted by Crippen LogP contribution is -2.28. The molecule has 134 valence electrons. The molecule has 0 aliphatic carbocycles. The SMILES string of the molecule is O=C(Nc1ccc(C(F)(F)F)cc1)C(Cc1ccccc1)n1cnnn1. The fourth-order valence-electron chi connectivity index (χ4n) is 2.42. The van der Waals surface area contributed by atoms with Crippen LogP contribution in [0.2, 0.25) is 0 Å². The van der Waals surface area contributed by atoms with Gasteiger partial charge in [-0.25, -0.2) is 4.68 Å². The third-order valence-electron chi connectivity index (χ3n) is 3.74. The molecule has 9 heteroatoms. The topological polar surface area (TPSA) is 72.7 Å². The highest BCUT2D eigenvalue weighted by Gasteiger charge is 2.30. The molecule has 2 aromatic carbocycles. The molecule has 6 nitrogen and oxygen atoms in total. The van der Waals surface area contributed by atoms with Crippen LogP contribution in [-0.2, 0) is 17.4 Å². The maximum absolute atomic E-state index is 12.6. The van der Waals surface area contributed by atoms with Gasteiger partial charge >= 0.3 is 6.18 Å². The molecule has 1 atom stereocenters. The van der Waals surface area contributed by atoms with Gasteiger partial charge in [0.1, 0.15) is 12.4 Å². The van der Waals surface area contributed by atoms with Crippen LogP contribution in [0.1, 0.15) is 17.2 Å². The molecule has 0 radical (unpaired) electrons. The maximum Gasteiger partial charge on any atom is 0.416 e. The zero-order valence-electron chi connectivity index (χ0n) is 13.4. The summed E-state index contributed by atoms with van der Waals surface area (Å²) in [5.41, 5.74) is 0.376. The van der Waals surface area contributed by atoms with Crippen molar-refractivity contribution < 1.29 is 18.0 Å². The first-order valence-electron chi connectivity index (χ1n) is 7.68. The van der Waals surface area contributed by atoms with E-state index < -0.39 is 23.7 Å². The van der Waals surface area contributed by atoms with Crippen molar-refractivity contribution in [1.82, 2.24) is 20.2 Å². The van der Waals surface area contributed by atoms with Crippen LogP contribution in [0.5, 0.6) is 0 Å². The molecule has 0 aliphatic heterocycles. The number of nitrogens with zero attached hydrogens (tertiary/aromatic N) is 4. The Bertz CT molecular complexity index is 848. The first kappa shape index (κ1) is 17.6. The Morgan fingerprint density at radius 3 is 2.35 bits per heavy atom. The molecule has 26 heavy (non-hydrogen) atoms. The average molecular weight is 361 g/mol. The number of hydrogen-bond donors (Lipinski definition) is 1. The number of benzene rings is 2. The van der Waals surface area contributed by atoms with E-state index in [1.54, 1.807) is 0 Å². The van der Waals surface area contributed by atoms with E-state index in [0.29, 0.717) is 6.42 Å². The Morgan fingerprint density at radius 1 is 1.08 bits per heavy atom. The van der Waals surface area contributed by atoms with Crippen LogP contribution in [0.3, 0.4) is 0 Å². The van der Waals surface area contributed by atoms with Crippen molar-refractivity contribution in [3.05, 3.63) is 72.1 Å². The highest BCUT2D eigenvalue weighted by atomic mass is 19.4. The molecule has 1 unspecified atom stereocenters. The lowest BCUT2D eigenvalue weighted by Gasteiger charge is -2.17. The molecule has 3 aromatic rings. The minimum atomic E-state index is -4.43. The number of tetrazole rings is 1. The second-order valence-corrected chi connectivity index (χ2v) is 5.56. The van der Waals surface area contributed by atoms with E-state index in [4.69, 9.17) is 0 Å². The standard InChI is InChI=1S/C17H14F3N5O/c18-17(19,20)13-6-8-14(9-7-13)22-16(26)15(25-11-21-23-24-25)10-12-4-2-1-3-5-12/h1-9,11,15H,10H2,(H,22,26). The summed E-state index contributed by atoms with van der Waals surface area (Å²) in [6.45, 7) is 0. The molecule has 1 heterocycles. The molecule has 0 saturated carbocycles. The Kier molecular flexibility index (Phi) is 4.97. The van der Waals surface area contributed by atoms with E-state index in [1.165, 1.54) is 23.1 Å². The van der Waals surface area contributed by atoms with Crippen LogP contribution in [0.4, 0.5) is 18.9 Å². The van der Waals surface area contributed by atoms with Crippen LogP contribution < -0.4 is 5.32 Å². The van der Waals surface area contributed by atoms with Crippen molar-refractivity contribution >= 4 is 11.6 Å². The number of carbonyl (C=O) groups is 1. The average Bonchev–Trinajstić information content (AvgIpc) is 3.14. The van der Waals surface area contributed by atoms with E-state index in [1.807, 2.05) is 30.3 Å². The zero-order chi connectivity index (χ0) is 18.6. The van der Waals surface area contributed by atoms with Crippen molar-refractivity contribution in [3.63, 3.8) is 0 Å². The Balaban J connectivity index is 1.77. The summed E-state index contributed by atoms with van der Waals surface area (Å²) in [5.74, 6) is -0.430.